The molecule has 4 rings (SSSR count). The quantitative estimate of drug-likeness (QED) is 0.361. The predicted molar refractivity (Wildman–Crippen MR) is 140 cm³/mol. The SMILES string of the molecule is CCN(CC(=O)Nc1cc(-c2ccccc2)nn1-c1ccc(OC)cc1)C(=O)NCc1ccccc1. The number of ether oxygens (including phenoxy) is 1. The van der Waals surface area contributed by atoms with Gasteiger partial charge >= 0.3 is 6.03 Å². The molecule has 0 radical (unpaired) electrons. The smallest absolute Gasteiger partial charge is 0.318 e. The third-order valence-electron chi connectivity index (χ3n) is 5.65. The number of benzene rings is 3. The van der Waals surface area contributed by atoms with Crippen LogP contribution in [0.5, 0.6) is 5.75 Å². The number of amides is 3. The maximum absolute atomic E-state index is 13.0. The molecular weight excluding hydrogens is 454 g/mol. The van der Waals surface area contributed by atoms with Crippen LogP contribution in [0.3, 0.4) is 0 Å². The molecule has 0 aliphatic carbocycles. The predicted octanol–water partition coefficient (Wildman–Crippen LogP) is 4.72. The second-order valence-corrected chi connectivity index (χ2v) is 8.10. The van der Waals surface area contributed by atoms with E-state index in [1.54, 1.807) is 11.8 Å². The second-order valence-electron chi connectivity index (χ2n) is 8.10. The number of urea groups is 1. The summed E-state index contributed by atoms with van der Waals surface area (Å²) in [6, 6.07) is 28.3. The summed E-state index contributed by atoms with van der Waals surface area (Å²) in [5, 5.41) is 10.5. The molecule has 1 aromatic heterocycles. The van der Waals surface area contributed by atoms with Gasteiger partial charge in [0.15, 0.2) is 0 Å². The Bertz CT molecular complexity index is 1290. The lowest BCUT2D eigenvalue weighted by Crippen LogP contribution is -2.43. The summed E-state index contributed by atoms with van der Waals surface area (Å²) >= 11 is 0. The van der Waals surface area contributed by atoms with E-state index in [1.807, 2.05) is 97.9 Å². The van der Waals surface area contributed by atoms with Crippen molar-refractivity contribution in [2.45, 2.75) is 13.5 Å². The Hall–Kier alpha value is -4.59. The van der Waals surface area contributed by atoms with Crippen molar-refractivity contribution in [1.82, 2.24) is 20.0 Å². The van der Waals surface area contributed by atoms with Gasteiger partial charge in [-0.2, -0.15) is 5.10 Å². The van der Waals surface area contributed by atoms with E-state index in [1.165, 1.54) is 4.90 Å². The number of carbonyl (C=O) groups is 2. The number of nitrogens with one attached hydrogen (secondary N) is 2. The Morgan fingerprint density at radius 1 is 0.944 bits per heavy atom. The fourth-order valence-electron chi connectivity index (χ4n) is 3.71. The van der Waals surface area contributed by atoms with Crippen LogP contribution in [-0.4, -0.2) is 46.8 Å². The molecular formula is C28H29N5O3. The number of likely N-dealkylation sites (N-methyl/N-ethyl adjacent to an activating group) is 1. The molecule has 184 valence electrons. The molecule has 0 fully saturated rings. The minimum Gasteiger partial charge on any atom is -0.497 e. The highest BCUT2D eigenvalue weighted by molar-refractivity contribution is 5.94. The van der Waals surface area contributed by atoms with Crippen molar-refractivity contribution >= 4 is 17.8 Å². The number of anilines is 1. The molecule has 3 amide bonds. The van der Waals surface area contributed by atoms with Gasteiger partial charge in [-0.05, 0) is 36.8 Å². The molecule has 0 aliphatic rings. The van der Waals surface area contributed by atoms with Crippen LogP contribution in [0.15, 0.2) is 91.0 Å². The van der Waals surface area contributed by atoms with Gasteiger partial charge in [0, 0.05) is 24.7 Å². The van der Waals surface area contributed by atoms with Crippen LogP contribution in [0, 0.1) is 0 Å². The summed E-state index contributed by atoms with van der Waals surface area (Å²) < 4.78 is 6.93. The Kier molecular flexibility index (Phi) is 7.97. The number of methoxy groups -OCH3 is 1. The average molecular weight is 484 g/mol. The topological polar surface area (TPSA) is 88.5 Å². The van der Waals surface area contributed by atoms with E-state index in [0.29, 0.717) is 18.9 Å². The van der Waals surface area contributed by atoms with Gasteiger partial charge < -0.3 is 20.3 Å². The fourth-order valence-corrected chi connectivity index (χ4v) is 3.71. The molecule has 36 heavy (non-hydrogen) atoms. The standard InChI is InChI=1S/C28H29N5O3/c1-3-32(28(35)29-19-21-10-6-4-7-11-21)20-27(34)30-26-18-25(22-12-8-5-9-13-22)31-33(26)23-14-16-24(36-2)17-15-23/h4-18H,3,19-20H2,1-2H3,(H,29,35)(H,30,34). The van der Waals surface area contributed by atoms with Crippen molar-refractivity contribution in [3.63, 3.8) is 0 Å². The van der Waals surface area contributed by atoms with Crippen molar-refractivity contribution in [3.05, 3.63) is 96.6 Å². The average Bonchev–Trinajstić information content (AvgIpc) is 3.35. The van der Waals surface area contributed by atoms with Gasteiger partial charge in [0.25, 0.3) is 0 Å². The molecule has 0 bridgehead atoms. The van der Waals surface area contributed by atoms with Crippen LogP contribution in [0.25, 0.3) is 16.9 Å². The first kappa shape index (κ1) is 24.5. The molecule has 0 saturated heterocycles. The number of nitrogens with zero attached hydrogens (tertiary/aromatic N) is 3. The molecule has 1 heterocycles. The first-order valence-corrected chi connectivity index (χ1v) is 11.7. The largest absolute Gasteiger partial charge is 0.497 e. The number of carbonyl (C=O) groups excluding carboxylic acids is 2. The third-order valence-corrected chi connectivity index (χ3v) is 5.65. The fraction of sp³-hybridized carbons (Fsp3) is 0.179. The highest BCUT2D eigenvalue weighted by atomic mass is 16.5. The van der Waals surface area contributed by atoms with Gasteiger partial charge in [-0.3, -0.25) is 4.79 Å². The van der Waals surface area contributed by atoms with Crippen LogP contribution in [0.4, 0.5) is 10.6 Å². The number of hydrogen-bond donors (Lipinski definition) is 2. The summed E-state index contributed by atoms with van der Waals surface area (Å²) in [5.74, 6) is 0.908. The Morgan fingerprint density at radius 2 is 1.61 bits per heavy atom. The highest BCUT2D eigenvalue weighted by Gasteiger charge is 2.18. The van der Waals surface area contributed by atoms with Gasteiger partial charge in [-0.1, -0.05) is 60.7 Å². The molecule has 0 spiro atoms. The third kappa shape index (κ3) is 6.09. The number of rotatable bonds is 9. The van der Waals surface area contributed by atoms with Crippen LogP contribution in [-0.2, 0) is 11.3 Å². The summed E-state index contributed by atoms with van der Waals surface area (Å²) in [7, 11) is 1.61. The van der Waals surface area contributed by atoms with E-state index in [2.05, 4.69) is 10.6 Å². The number of aromatic nitrogens is 2. The van der Waals surface area contributed by atoms with E-state index in [0.717, 1.165) is 28.3 Å². The highest BCUT2D eigenvalue weighted by Crippen LogP contribution is 2.25. The van der Waals surface area contributed by atoms with Crippen molar-refractivity contribution in [2.75, 3.05) is 25.5 Å². The van der Waals surface area contributed by atoms with Crippen molar-refractivity contribution in [1.29, 1.82) is 0 Å². The van der Waals surface area contributed by atoms with E-state index in [9.17, 15) is 9.59 Å². The lowest BCUT2D eigenvalue weighted by atomic mass is 10.1. The maximum atomic E-state index is 13.0. The summed E-state index contributed by atoms with van der Waals surface area (Å²) in [4.78, 5) is 27.1. The minimum absolute atomic E-state index is 0.0917. The molecule has 3 aromatic carbocycles. The Labute approximate surface area is 210 Å². The summed E-state index contributed by atoms with van der Waals surface area (Å²) in [6.45, 7) is 2.53. The Balaban J connectivity index is 1.50. The van der Waals surface area contributed by atoms with Crippen LogP contribution in [0.2, 0.25) is 0 Å². The molecule has 0 aliphatic heterocycles. The first-order valence-electron chi connectivity index (χ1n) is 11.7. The maximum Gasteiger partial charge on any atom is 0.318 e. The van der Waals surface area contributed by atoms with E-state index in [4.69, 9.17) is 9.84 Å². The van der Waals surface area contributed by atoms with Crippen molar-refractivity contribution in [2.24, 2.45) is 0 Å². The molecule has 0 saturated carbocycles. The van der Waals surface area contributed by atoms with Crippen molar-refractivity contribution in [3.8, 4) is 22.7 Å². The van der Waals surface area contributed by atoms with Gasteiger partial charge in [0.2, 0.25) is 5.91 Å². The summed E-state index contributed by atoms with van der Waals surface area (Å²) in [6.07, 6.45) is 0. The molecule has 0 atom stereocenters. The van der Waals surface area contributed by atoms with Gasteiger partial charge in [-0.15, -0.1) is 0 Å². The normalized spacial score (nSPS) is 10.5. The van der Waals surface area contributed by atoms with Gasteiger partial charge in [0.1, 0.15) is 18.1 Å². The summed E-state index contributed by atoms with van der Waals surface area (Å²) in [5.41, 5.74) is 3.40. The van der Waals surface area contributed by atoms with E-state index in [-0.39, 0.29) is 18.5 Å². The zero-order chi connectivity index (χ0) is 25.3. The van der Waals surface area contributed by atoms with Gasteiger partial charge in [-0.25, -0.2) is 9.48 Å². The first-order chi connectivity index (χ1) is 17.6. The van der Waals surface area contributed by atoms with E-state index < -0.39 is 0 Å². The molecule has 2 N–H and O–H groups in total. The van der Waals surface area contributed by atoms with Crippen molar-refractivity contribution < 1.29 is 14.3 Å². The van der Waals surface area contributed by atoms with E-state index >= 15 is 0 Å². The zero-order valence-corrected chi connectivity index (χ0v) is 20.3. The monoisotopic (exact) mass is 483 g/mol. The number of hydrogen-bond acceptors (Lipinski definition) is 4. The zero-order valence-electron chi connectivity index (χ0n) is 20.3. The van der Waals surface area contributed by atoms with Gasteiger partial charge in [0.05, 0.1) is 18.5 Å². The lowest BCUT2D eigenvalue weighted by Gasteiger charge is -2.21. The molecule has 4 aromatic rings. The minimum atomic E-state index is -0.319. The second kappa shape index (κ2) is 11.7. The van der Waals surface area contributed by atoms with Crippen LogP contribution in [0.1, 0.15) is 12.5 Å². The van der Waals surface area contributed by atoms with Crippen LogP contribution >= 0.6 is 0 Å². The Morgan fingerprint density at radius 3 is 2.25 bits per heavy atom. The molecule has 8 heteroatoms. The molecule has 8 nitrogen and oxygen atoms in total. The van der Waals surface area contributed by atoms with Crippen LogP contribution < -0.4 is 15.4 Å². The lowest BCUT2D eigenvalue weighted by molar-refractivity contribution is -0.116. The molecule has 0 unspecified atom stereocenters.